The van der Waals surface area contributed by atoms with Gasteiger partial charge in [-0.2, -0.15) is 5.26 Å². The molecular weight excluding hydrogens is 364 g/mol. The molecule has 3 aromatic rings. The molecule has 0 radical (unpaired) electrons. The third-order valence-corrected chi connectivity index (χ3v) is 6.23. The van der Waals surface area contributed by atoms with Crippen molar-refractivity contribution in [3.63, 3.8) is 0 Å². The average molecular weight is 393 g/mol. The molecule has 0 aliphatic carbocycles. The summed E-state index contributed by atoms with van der Waals surface area (Å²) in [5.74, 6) is 0. The average Bonchev–Trinajstić information content (AvgIpc) is 3.03. The number of nitriles is 1. The van der Waals surface area contributed by atoms with Crippen molar-refractivity contribution in [2.45, 2.75) is 58.2 Å². The van der Waals surface area contributed by atoms with Gasteiger partial charge in [0.15, 0.2) is 0 Å². The monoisotopic (exact) mass is 392 g/mol. The third-order valence-electron chi connectivity index (χ3n) is 6.23. The first-order chi connectivity index (χ1) is 14.0. The molecule has 0 bridgehead atoms. The summed E-state index contributed by atoms with van der Waals surface area (Å²) >= 11 is 0. The van der Waals surface area contributed by atoms with Gasteiger partial charge < -0.3 is 9.67 Å². The van der Waals surface area contributed by atoms with Gasteiger partial charge in [0.05, 0.1) is 29.2 Å². The van der Waals surface area contributed by atoms with Crippen LogP contribution >= 0.6 is 0 Å². The van der Waals surface area contributed by atoms with Gasteiger partial charge in [-0.15, -0.1) is 0 Å². The molecule has 2 aromatic heterocycles. The number of likely N-dealkylation sites (tertiary alicyclic amines) is 1. The largest absolute Gasteiger partial charge is 0.390 e. The first-order valence-electron chi connectivity index (χ1n) is 10.5. The fourth-order valence-corrected chi connectivity index (χ4v) is 4.82. The number of fused-ring (bicyclic) bond motifs is 3. The molecule has 6 heteroatoms. The van der Waals surface area contributed by atoms with E-state index in [1.165, 1.54) is 25.3 Å². The number of rotatable bonds is 5. The number of aryl methyl sites for hydroxylation is 1. The van der Waals surface area contributed by atoms with Gasteiger partial charge in [-0.3, -0.25) is 14.1 Å². The number of benzene rings is 1. The minimum atomic E-state index is -0.580. The first-order valence-corrected chi connectivity index (χ1v) is 10.5. The van der Waals surface area contributed by atoms with Crippen molar-refractivity contribution in [1.29, 1.82) is 5.26 Å². The summed E-state index contributed by atoms with van der Waals surface area (Å²) in [5.41, 5.74) is 3.19. The van der Waals surface area contributed by atoms with E-state index in [1.807, 2.05) is 28.8 Å². The molecule has 152 valence electrons. The maximum absolute atomic E-state index is 12.7. The van der Waals surface area contributed by atoms with E-state index in [2.05, 4.69) is 17.9 Å². The molecule has 1 fully saturated rings. The Kier molecular flexibility index (Phi) is 5.44. The van der Waals surface area contributed by atoms with Crippen LogP contribution in [-0.4, -0.2) is 44.2 Å². The second-order valence-electron chi connectivity index (χ2n) is 8.12. The Morgan fingerprint density at radius 3 is 2.72 bits per heavy atom. The Bertz CT molecular complexity index is 1140. The van der Waals surface area contributed by atoms with Gasteiger partial charge >= 0.3 is 0 Å². The van der Waals surface area contributed by atoms with Gasteiger partial charge in [0, 0.05) is 18.7 Å². The van der Waals surface area contributed by atoms with Gasteiger partial charge in [0.25, 0.3) is 5.56 Å². The molecule has 1 N–H and O–H groups in total. The van der Waals surface area contributed by atoms with Crippen LogP contribution in [-0.2, 0) is 6.54 Å². The van der Waals surface area contributed by atoms with E-state index in [0.29, 0.717) is 35.9 Å². The molecule has 1 aliphatic heterocycles. The van der Waals surface area contributed by atoms with Crippen molar-refractivity contribution in [1.82, 2.24) is 13.9 Å². The number of aromatic nitrogens is 2. The SMILES string of the molecule is CC[C@@H]1CCCCN1C[C@H](O)Cn1c2ccccc2n2c(=O)cc(C)c(C#N)c12. The Hall–Kier alpha value is -2.62. The number of aliphatic hydroxyl groups excluding tert-OH is 1. The smallest absolute Gasteiger partial charge is 0.257 e. The number of para-hydroxylation sites is 2. The molecule has 1 aromatic carbocycles. The van der Waals surface area contributed by atoms with Crippen LogP contribution in [0.1, 0.15) is 43.7 Å². The zero-order chi connectivity index (χ0) is 20.5. The molecule has 2 atom stereocenters. The number of imidazole rings is 1. The molecule has 4 rings (SSSR count). The number of hydrogen-bond acceptors (Lipinski definition) is 4. The predicted molar refractivity (Wildman–Crippen MR) is 114 cm³/mol. The lowest BCUT2D eigenvalue weighted by Gasteiger charge is -2.36. The van der Waals surface area contributed by atoms with Crippen molar-refractivity contribution in [2.75, 3.05) is 13.1 Å². The highest BCUT2D eigenvalue weighted by Gasteiger charge is 2.24. The molecule has 0 unspecified atom stereocenters. The van der Waals surface area contributed by atoms with E-state index in [0.717, 1.165) is 24.0 Å². The normalized spacial score (nSPS) is 18.9. The highest BCUT2D eigenvalue weighted by atomic mass is 16.3. The summed E-state index contributed by atoms with van der Waals surface area (Å²) in [6, 6.07) is 11.9. The fraction of sp³-hybridized carbons (Fsp3) is 0.478. The van der Waals surface area contributed by atoms with E-state index in [4.69, 9.17) is 0 Å². The van der Waals surface area contributed by atoms with Crippen LogP contribution in [0.4, 0.5) is 0 Å². The van der Waals surface area contributed by atoms with Crippen molar-refractivity contribution >= 4 is 16.7 Å². The third kappa shape index (κ3) is 3.45. The van der Waals surface area contributed by atoms with Crippen molar-refractivity contribution in [3.8, 4) is 6.07 Å². The highest BCUT2D eigenvalue weighted by Crippen LogP contribution is 2.25. The number of aliphatic hydroxyl groups is 1. The highest BCUT2D eigenvalue weighted by molar-refractivity contribution is 5.84. The Balaban J connectivity index is 1.78. The number of β-amino-alcohol motifs (C(OH)–C–C–N with tert-alkyl or cyclic N) is 1. The number of hydrogen-bond donors (Lipinski definition) is 1. The van der Waals surface area contributed by atoms with Gasteiger partial charge in [-0.05, 0) is 50.4 Å². The van der Waals surface area contributed by atoms with E-state index in [-0.39, 0.29) is 5.56 Å². The van der Waals surface area contributed by atoms with Crippen LogP contribution in [0.5, 0.6) is 0 Å². The fourth-order valence-electron chi connectivity index (χ4n) is 4.82. The molecular formula is C23H28N4O2. The summed E-state index contributed by atoms with van der Waals surface area (Å²) in [4.78, 5) is 15.1. The van der Waals surface area contributed by atoms with E-state index in [1.54, 1.807) is 11.3 Å². The Morgan fingerprint density at radius 1 is 1.24 bits per heavy atom. The molecule has 0 amide bonds. The van der Waals surface area contributed by atoms with Crippen LogP contribution < -0.4 is 5.56 Å². The topological polar surface area (TPSA) is 73.7 Å². The molecule has 3 heterocycles. The van der Waals surface area contributed by atoms with Gasteiger partial charge in [-0.1, -0.05) is 25.5 Å². The minimum Gasteiger partial charge on any atom is -0.390 e. The van der Waals surface area contributed by atoms with Crippen LogP contribution in [0.2, 0.25) is 0 Å². The summed E-state index contributed by atoms with van der Waals surface area (Å²) in [7, 11) is 0. The lowest BCUT2D eigenvalue weighted by atomic mass is 9.99. The van der Waals surface area contributed by atoms with Crippen molar-refractivity contribution in [3.05, 3.63) is 51.8 Å². The Labute approximate surface area is 170 Å². The molecule has 1 saturated heterocycles. The quantitative estimate of drug-likeness (QED) is 0.724. The van der Waals surface area contributed by atoms with Crippen LogP contribution in [0.25, 0.3) is 16.7 Å². The van der Waals surface area contributed by atoms with Gasteiger partial charge in [0.2, 0.25) is 0 Å². The zero-order valence-corrected chi connectivity index (χ0v) is 17.1. The van der Waals surface area contributed by atoms with Gasteiger partial charge in [0.1, 0.15) is 11.7 Å². The summed E-state index contributed by atoms with van der Waals surface area (Å²) in [6.07, 6.45) is 4.13. The van der Waals surface area contributed by atoms with Gasteiger partial charge in [-0.25, -0.2) is 0 Å². The molecule has 29 heavy (non-hydrogen) atoms. The minimum absolute atomic E-state index is 0.150. The molecule has 0 spiro atoms. The van der Waals surface area contributed by atoms with Crippen LogP contribution in [0.3, 0.4) is 0 Å². The number of pyridine rings is 1. The number of piperidine rings is 1. The van der Waals surface area contributed by atoms with Crippen molar-refractivity contribution < 1.29 is 5.11 Å². The first kappa shape index (κ1) is 19.7. The standard InChI is InChI=1S/C23H28N4O2/c1-3-17-8-6-7-11-25(17)14-18(28)15-26-20-9-4-5-10-21(20)27-22(29)12-16(2)19(13-24)23(26)27/h4-5,9-10,12,17-18,28H,3,6-8,11,14-15H2,1-2H3/t17-,18+/m1/s1. The van der Waals surface area contributed by atoms with E-state index in [9.17, 15) is 15.2 Å². The maximum atomic E-state index is 12.7. The molecule has 6 nitrogen and oxygen atoms in total. The second kappa shape index (κ2) is 8.02. The predicted octanol–water partition coefficient (Wildman–Crippen LogP) is 3.06. The zero-order valence-electron chi connectivity index (χ0n) is 17.1. The lowest BCUT2D eigenvalue weighted by molar-refractivity contribution is 0.0581. The summed E-state index contributed by atoms with van der Waals surface area (Å²) in [5, 5.41) is 20.7. The lowest BCUT2D eigenvalue weighted by Crippen LogP contribution is -2.44. The Morgan fingerprint density at radius 2 is 2.00 bits per heavy atom. The maximum Gasteiger partial charge on any atom is 0.257 e. The van der Waals surface area contributed by atoms with E-state index < -0.39 is 6.10 Å². The van der Waals surface area contributed by atoms with Crippen LogP contribution in [0, 0.1) is 18.3 Å². The van der Waals surface area contributed by atoms with Crippen molar-refractivity contribution in [2.24, 2.45) is 0 Å². The van der Waals surface area contributed by atoms with E-state index >= 15 is 0 Å². The van der Waals surface area contributed by atoms with Crippen LogP contribution in [0.15, 0.2) is 35.1 Å². The summed E-state index contributed by atoms with van der Waals surface area (Å²) in [6.45, 7) is 5.97. The second-order valence-corrected chi connectivity index (χ2v) is 8.12. The molecule has 1 aliphatic rings. The molecule has 0 saturated carbocycles. The number of nitrogens with zero attached hydrogens (tertiary/aromatic N) is 4. The summed E-state index contributed by atoms with van der Waals surface area (Å²) < 4.78 is 3.54.